The maximum absolute atomic E-state index is 5.71. The average Bonchev–Trinajstić information content (AvgIpc) is 2.42. The summed E-state index contributed by atoms with van der Waals surface area (Å²) in [6, 6.07) is 11.8. The van der Waals surface area contributed by atoms with Crippen molar-refractivity contribution in [2.75, 3.05) is 11.9 Å². The Balaban J connectivity index is 1.84. The first-order valence-electron chi connectivity index (χ1n) is 5.80. The van der Waals surface area contributed by atoms with E-state index in [-0.39, 0.29) is 6.04 Å². The molecular formula is C13H12ClN3O. The molecule has 0 spiro atoms. The summed E-state index contributed by atoms with van der Waals surface area (Å²) in [5.41, 5.74) is 1.15. The number of fused-ring (bicyclic) bond motifs is 1. The maximum Gasteiger partial charge on any atom is 0.151 e. The molecule has 0 amide bonds. The Kier molecular flexibility index (Phi) is 3.02. The first kappa shape index (κ1) is 11.3. The first-order chi connectivity index (χ1) is 8.83. The fraction of sp³-hybridized carbons (Fsp3) is 0.231. The van der Waals surface area contributed by atoms with Crippen LogP contribution in [0.25, 0.3) is 0 Å². The molecule has 1 aromatic carbocycles. The van der Waals surface area contributed by atoms with E-state index in [1.54, 1.807) is 6.07 Å². The summed E-state index contributed by atoms with van der Waals surface area (Å²) >= 11 is 5.71. The molecule has 1 aliphatic rings. The van der Waals surface area contributed by atoms with E-state index in [1.807, 2.05) is 24.3 Å². The van der Waals surface area contributed by atoms with Gasteiger partial charge in [0.15, 0.2) is 5.15 Å². The molecule has 4 nitrogen and oxygen atoms in total. The highest BCUT2D eigenvalue weighted by atomic mass is 35.5. The summed E-state index contributed by atoms with van der Waals surface area (Å²) in [4.78, 5) is 0. The van der Waals surface area contributed by atoms with Gasteiger partial charge in [0.2, 0.25) is 0 Å². The molecule has 0 saturated heterocycles. The molecule has 0 bridgehead atoms. The summed E-state index contributed by atoms with van der Waals surface area (Å²) in [6.45, 7) is 0.704. The van der Waals surface area contributed by atoms with Crippen LogP contribution in [0.15, 0.2) is 36.4 Å². The van der Waals surface area contributed by atoms with Crippen LogP contribution in [0.1, 0.15) is 18.0 Å². The Bertz CT molecular complexity index is 544. The van der Waals surface area contributed by atoms with Crippen molar-refractivity contribution in [3.8, 4) is 5.75 Å². The summed E-state index contributed by atoms with van der Waals surface area (Å²) < 4.78 is 5.61. The second-order valence-electron chi connectivity index (χ2n) is 4.11. The number of hydrogen-bond acceptors (Lipinski definition) is 4. The third kappa shape index (κ3) is 2.24. The summed E-state index contributed by atoms with van der Waals surface area (Å²) in [6.07, 6.45) is 0.904. The van der Waals surface area contributed by atoms with Crippen molar-refractivity contribution in [3.63, 3.8) is 0 Å². The third-order valence-corrected chi connectivity index (χ3v) is 3.11. The third-order valence-electron chi connectivity index (χ3n) is 2.91. The largest absolute Gasteiger partial charge is 0.493 e. The van der Waals surface area contributed by atoms with Crippen LogP contribution in [-0.4, -0.2) is 16.8 Å². The number of ether oxygens (including phenoxy) is 1. The molecule has 1 atom stereocenters. The van der Waals surface area contributed by atoms with Gasteiger partial charge in [-0.2, -0.15) is 0 Å². The van der Waals surface area contributed by atoms with Gasteiger partial charge < -0.3 is 10.1 Å². The molecule has 0 fully saturated rings. The van der Waals surface area contributed by atoms with E-state index >= 15 is 0 Å². The van der Waals surface area contributed by atoms with Crippen molar-refractivity contribution < 1.29 is 4.74 Å². The first-order valence-corrected chi connectivity index (χ1v) is 6.18. The number of benzene rings is 1. The van der Waals surface area contributed by atoms with E-state index in [2.05, 4.69) is 21.6 Å². The van der Waals surface area contributed by atoms with Gasteiger partial charge in [0.05, 0.1) is 12.6 Å². The minimum atomic E-state index is 0.199. The second kappa shape index (κ2) is 4.82. The lowest BCUT2D eigenvalue weighted by atomic mass is 10.0. The lowest BCUT2D eigenvalue weighted by Crippen LogP contribution is -2.20. The number of hydrogen-bond donors (Lipinski definition) is 1. The van der Waals surface area contributed by atoms with Gasteiger partial charge in [-0.15, -0.1) is 10.2 Å². The molecule has 1 aliphatic heterocycles. The molecule has 18 heavy (non-hydrogen) atoms. The van der Waals surface area contributed by atoms with E-state index in [9.17, 15) is 0 Å². The zero-order chi connectivity index (χ0) is 12.4. The fourth-order valence-corrected chi connectivity index (χ4v) is 2.16. The van der Waals surface area contributed by atoms with Crippen molar-refractivity contribution >= 4 is 17.4 Å². The van der Waals surface area contributed by atoms with E-state index < -0.39 is 0 Å². The molecule has 1 aromatic heterocycles. The predicted octanol–water partition coefficient (Wildman–Crippen LogP) is 3.07. The highest BCUT2D eigenvalue weighted by Gasteiger charge is 2.21. The SMILES string of the molecule is Clc1ccc(NC2CCOc3ccccc32)nn1. The molecule has 1 unspecified atom stereocenters. The topological polar surface area (TPSA) is 47.0 Å². The van der Waals surface area contributed by atoms with Gasteiger partial charge in [-0.25, -0.2) is 0 Å². The lowest BCUT2D eigenvalue weighted by molar-refractivity contribution is 0.274. The Morgan fingerprint density at radius 3 is 2.89 bits per heavy atom. The highest BCUT2D eigenvalue weighted by molar-refractivity contribution is 6.29. The molecule has 0 saturated carbocycles. The van der Waals surface area contributed by atoms with E-state index in [0.717, 1.165) is 23.6 Å². The molecular weight excluding hydrogens is 250 g/mol. The zero-order valence-electron chi connectivity index (χ0n) is 9.64. The van der Waals surface area contributed by atoms with E-state index in [4.69, 9.17) is 16.3 Å². The molecule has 2 heterocycles. The molecule has 2 aromatic rings. The van der Waals surface area contributed by atoms with Crippen molar-refractivity contribution in [1.82, 2.24) is 10.2 Å². The van der Waals surface area contributed by atoms with Crippen molar-refractivity contribution in [2.45, 2.75) is 12.5 Å². The van der Waals surface area contributed by atoms with Gasteiger partial charge in [-0.1, -0.05) is 29.8 Å². The van der Waals surface area contributed by atoms with Crippen LogP contribution in [0.5, 0.6) is 5.75 Å². The van der Waals surface area contributed by atoms with Crippen LogP contribution < -0.4 is 10.1 Å². The summed E-state index contributed by atoms with van der Waals surface area (Å²) in [7, 11) is 0. The quantitative estimate of drug-likeness (QED) is 0.903. The number of halogens is 1. The van der Waals surface area contributed by atoms with Crippen molar-refractivity contribution in [2.24, 2.45) is 0 Å². The van der Waals surface area contributed by atoms with Gasteiger partial charge in [-0.05, 0) is 18.2 Å². The van der Waals surface area contributed by atoms with Gasteiger partial charge in [-0.3, -0.25) is 0 Å². The molecule has 5 heteroatoms. The molecule has 0 radical (unpaired) electrons. The Morgan fingerprint density at radius 2 is 2.06 bits per heavy atom. The van der Waals surface area contributed by atoms with Gasteiger partial charge in [0.1, 0.15) is 11.6 Å². The summed E-state index contributed by atoms with van der Waals surface area (Å²) in [5.74, 6) is 1.66. The Labute approximate surface area is 110 Å². The molecule has 1 N–H and O–H groups in total. The Morgan fingerprint density at radius 1 is 1.17 bits per heavy atom. The minimum absolute atomic E-state index is 0.199. The number of anilines is 1. The lowest BCUT2D eigenvalue weighted by Gasteiger charge is -2.26. The van der Waals surface area contributed by atoms with Crippen molar-refractivity contribution in [3.05, 3.63) is 47.1 Å². The normalized spacial score (nSPS) is 17.7. The molecule has 3 rings (SSSR count). The van der Waals surface area contributed by atoms with Crippen LogP contribution in [0.4, 0.5) is 5.82 Å². The van der Waals surface area contributed by atoms with Crippen LogP contribution in [0, 0.1) is 0 Å². The van der Waals surface area contributed by atoms with E-state index in [1.165, 1.54) is 0 Å². The molecule has 92 valence electrons. The van der Waals surface area contributed by atoms with Gasteiger partial charge >= 0.3 is 0 Å². The number of aromatic nitrogens is 2. The van der Waals surface area contributed by atoms with Crippen LogP contribution >= 0.6 is 11.6 Å². The van der Waals surface area contributed by atoms with Crippen molar-refractivity contribution in [1.29, 1.82) is 0 Å². The predicted molar refractivity (Wildman–Crippen MR) is 70.0 cm³/mol. The van der Waals surface area contributed by atoms with Crippen LogP contribution in [0.3, 0.4) is 0 Å². The van der Waals surface area contributed by atoms with Gasteiger partial charge in [0, 0.05) is 12.0 Å². The molecule has 0 aliphatic carbocycles. The van der Waals surface area contributed by atoms with Crippen LogP contribution in [0.2, 0.25) is 5.15 Å². The zero-order valence-corrected chi connectivity index (χ0v) is 10.4. The average molecular weight is 262 g/mol. The minimum Gasteiger partial charge on any atom is -0.493 e. The summed E-state index contributed by atoms with van der Waals surface area (Å²) in [5, 5.41) is 11.6. The van der Waals surface area contributed by atoms with Gasteiger partial charge in [0.25, 0.3) is 0 Å². The number of rotatable bonds is 2. The highest BCUT2D eigenvalue weighted by Crippen LogP contribution is 2.33. The second-order valence-corrected chi connectivity index (χ2v) is 4.50. The number of para-hydroxylation sites is 1. The number of nitrogens with zero attached hydrogens (tertiary/aromatic N) is 2. The fourth-order valence-electron chi connectivity index (χ4n) is 2.06. The standard InChI is InChI=1S/C13H12ClN3O/c14-12-5-6-13(17-16-12)15-10-7-8-18-11-4-2-1-3-9(10)11/h1-6,10H,7-8H2,(H,15,17). The monoisotopic (exact) mass is 261 g/mol. The Hall–Kier alpha value is -1.81. The van der Waals surface area contributed by atoms with E-state index in [0.29, 0.717) is 11.8 Å². The maximum atomic E-state index is 5.71. The van der Waals surface area contributed by atoms with Crippen LogP contribution in [-0.2, 0) is 0 Å². The number of nitrogens with one attached hydrogen (secondary N) is 1. The smallest absolute Gasteiger partial charge is 0.151 e.